The van der Waals surface area contributed by atoms with Gasteiger partial charge in [-0.15, -0.1) is 0 Å². The molecule has 0 aromatic heterocycles. The van der Waals surface area contributed by atoms with E-state index in [0.717, 1.165) is 31.0 Å². The predicted molar refractivity (Wildman–Crippen MR) is 75.9 cm³/mol. The van der Waals surface area contributed by atoms with Crippen LogP contribution in [0.25, 0.3) is 0 Å². The molecule has 0 amide bonds. The van der Waals surface area contributed by atoms with Crippen molar-refractivity contribution in [1.82, 2.24) is 4.90 Å². The van der Waals surface area contributed by atoms with Crippen LogP contribution in [0.3, 0.4) is 0 Å². The molecule has 1 heterocycles. The Balaban J connectivity index is 1.61. The predicted octanol–water partition coefficient (Wildman–Crippen LogP) is 2.91. The first-order chi connectivity index (χ1) is 8.84. The van der Waals surface area contributed by atoms with Crippen LogP contribution in [0.1, 0.15) is 32.1 Å². The second-order valence-corrected chi connectivity index (χ2v) is 5.03. The van der Waals surface area contributed by atoms with Crippen LogP contribution in [-0.2, 0) is 0 Å². The summed E-state index contributed by atoms with van der Waals surface area (Å²) in [5.41, 5.74) is 6.42. The maximum atomic E-state index is 5.70. The van der Waals surface area contributed by atoms with Crippen molar-refractivity contribution in [3.8, 4) is 5.75 Å². The van der Waals surface area contributed by atoms with Crippen LogP contribution in [0.2, 0.25) is 0 Å². The lowest BCUT2D eigenvalue weighted by molar-refractivity contribution is 0.240. The highest BCUT2D eigenvalue weighted by Crippen LogP contribution is 2.14. The van der Waals surface area contributed by atoms with Crippen LogP contribution in [-0.4, -0.2) is 31.1 Å². The zero-order chi connectivity index (χ0) is 12.6. The third kappa shape index (κ3) is 4.57. The monoisotopic (exact) mass is 248 g/mol. The third-order valence-corrected chi connectivity index (χ3v) is 3.47. The van der Waals surface area contributed by atoms with Crippen molar-refractivity contribution in [2.45, 2.75) is 32.1 Å². The molecule has 2 N–H and O–H groups in total. The van der Waals surface area contributed by atoms with Gasteiger partial charge in [0.05, 0.1) is 6.61 Å². The Bertz CT molecular complexity index is 329. The van der Waals surface area contributed by atoms with Crippen LogP contribution >= 0.6 is 0 Å². The molecule has 3 nitrogen and oxygen atoms in total. The van der Waals surface area contributed by atoms with Crippen molar-refractivity contribution in [2.24, 2.45) is 0 Å². The van der Waals surface area contributed by atoms with Gasteiger partial charge in [-0.25, -0.2) is 0 Å². The average Bonchev–Trinajstić information content (AvgIpc) is 2.65. The standard InChI is InChI=1S/C15H24N2O/c16-14-6-8-15(9-7-14)18-13-5-12-17-10-3-1-2-4-11-17/h6-9H,1-5,10-13,16H2. The molecule has 0 bridgehead atoms. The molecule has 1 aromatic carbocycles. The molecule has 1 saturated heterocycles. The van der Waals surface area contributed by atoms with Gasteiger partial charge < -0.3 is 15.4 Å². The van der Waals surface area contributed by atoms with E-state index < -0.39 is 0 Å². The van der Waals surface area contributed by atoms with Gasteiger partial charge >= 0.3 is 0 Å². The molecule has 0 radical (unpaired) electrons. The number of nitrogens with zero attached hydrogens (tertiary/aromatic N) is 1. The highest BCUT2D eigenvalue weighted by Gasteiger charge is 2.07. The SMILES string of the molecule is Nc1ccc(OCCCN2CCCCCC2)cc1. The second kappa shape index (κ2) is 7.27. The van der Waals surface area contributed by atoms with Crippen LogP contribution < -0.4 is 10.5 Å². The summed E-state index contributed by atoms with van der Waals surface area (Å²) in [4.78, 5) is 2.57. The summed E-state index contributed by atoms with van der Waals surface area (Å²) in [6.45, 7) is 4.49. The normalized spacial score (nSPS) is 17.3. The Labute approximate surface area is 110 Å². The van der Waals surface area contributed by atoms with Gasteiger partial charge in [-0.05, 0) is 56.6 Å². The molecule has 0 aliphatic carbocycles. The molecular weight excluding hydrogens is 224 g/mol. The van der Waals surface area contributed by atoms with Crippen LogP contribution in [0, 0.1) is 0 Å². The molecule has 18 heavy (non-hydrogen) atoms. The van der Waals surface area contributed by atoms with E-state index in [-0.39, 0.29) is 0 Å². The number of hydrogen-bond donors (Lipinski definition) is 1. The van der Waals surface area contributed by atoms with Crippen molar-refractivity contribution in [2.75, 3.05) is 32.0 Å². The zero-order valence-corrected chi connectivity index (χ0v) is 11.1. The molecule has 0 saturated carbocycles. The molecule has 1 aromatic rings. The fraction of sp³-hybridized carbons (Fsp3) is 0.600. The average molecular weight is 248 g/mol. The Morgan fingerprint density at radius 1 is 1.00 bits per heavy atom. The van der Waals surface area contributed by atoms with Crippen molar-refractivity contribution in [3.63, 3.8) is 0 Å². The van der Waals surface area contributed by atoms with E-state index in [1.165, 1.54) is 38.8 Å². The molecule has 3 heteroatoms. The summed E-state index contributed by atoms with van der Waals surface area (Å²) in [7, 11) is 0. The summed E-state index contributed by atoms with van der Waals surface area (Å²) in [5, 5.41) is 0. The van der Waals surface area contributed by atoms with Gasteiger partial charge in [0.1, 0.15) is 5.75 Å². The Kier molecular flexibility index (Phi) is 5.34. The molecular formula is C15H24N2O. The summed E-state index contributed by atoms with van der Waals surface area (Å²) in [5.74, 6) is 0.917. The minimum atomic E-state index is 0.784. The van der Waals surface area contributed by atoms with E-state index in [9.17, 15) is 0 Å². The zero-order valence-electron chi connectivity index (χ0n) is 11.1. The number of nitrogen functional groups attached to an aromatic ring is 1. The van der Waals surface area contributed by atoms with Gasteiger partial charge in [0.2, 0.25) is 0 Å². The van der Waals surface area contributed by atoms with Gasteiger partial charge in [-0.1, -0.05) is 12.8 Å². The van der Waals surface area contributed by atoms with E-state index in [4.69, 9.17) is 10.5 Å². The maximum absolute atomic E-state index is 5.70. The number of benzene rings is 1. The fourth-order valence-electron chi connectivity index (χ4n) is 2.40. The van der Waals surface area contributed by atoms with E-state index >= 15 is 0 Å². The third-order valence-electron chi connectivity index (χ3n) is 3.47. The van der Waals surface area contributed by atoms with E-state index in [1.54, 1.807) is 0 Å². The molecule has 0 spiro atoms. The van der Waals surface area contributed by atoms with Gasteiger partial charge in [0, 0.05) is 12.2 Å². The fourth-order valence-corrected chi connectivity index (χ4v) is 2.40. The topological polar surface area (TPSA) is 38.5 Å². The van der Waals surface area contributed by atoms with E-state index in [0.29, 0.717) is 0 Å². The van der Waals surface area contributed by atoms with Crippen LogP contribution in [0.5, 0.6) is 5.75 Å². The van der Waals surface area contributed by atoms with E-state index in [1.807, 2.05) is 24.3 Å². The smallest absolute Gasteiger partial charge is 0.119 e. The molecule has 1 aliphatic rings. The number of anilines is 1. The highest BCUT2D eigenvalue weighted by molar-refractivity contribution is 5.41. The van der Waals surface area contributed by atoms with Crippen LogP contribution in [0.4, 0.5) is 5.69 Å². The van der Waals surface area contributed by atoms with Crippen molar-refractivity contribution in [3.05, 3.63) is 24.3 Å². The Hall–Kier alpha value is -1.22. The summed E-state index contributed by atoms with van der Waals surface area (Å²) < 4.78 is 5.70. The highest BCUT2D eigenvalue weighted by atomic mass is 16.5. The quantitative estimate of drug-likeness (QED) is 0.643. The van der Waals surface area contributed by atoms with Gasteiger partial charge in [0.25, 0.3) is 0 Å². The second-order valence-electron chi connectivity index (χ2n) is 5.03. The number of ether oxygens (including phenoxy) is 1. The summed E-state index contributed by atoms with van der Waals surface area (Å²) >= 11 is 0. The first kappa shape index (κ1) is 13.2. The number of nitrogens with two attached hydrogens (primary N) is 1. The molecule has 100 valence electrons. The van der Waals surface area contributed by atoms with E-state index in [2.05, 4.69) is 4.90 Å². The summed E-state index contributed by atoms with van der Waals surface area (Å²) in [6.07, 6.45) is 6.62. The van der Waals surface area contributed by atoms with Gasteiger partial charge in [0.15, 0.2) is 0 Å². The first-order valence-electron chi connectivity index (χ1n) is 7.05. The molecule has 1 aliphatic heterocycles. The Morgan fingerprint density at radius 2 is 1.67 bits per heavy atom. The number of rotatable bonds is 5. The van der Waals surface area contributed by atoms with Crippen molar-refractivity contribution < 1.29 is 4.74 Å². The maximum Gasteiger partial charge on any atom is 0.119 e. The minimum absolute atomic E-state index is 0.784. The molecule has 1 fully saturated rings. The van der Waals surface area contributed by atoms with Crippen molar-refractivity contribution in [1.29, 1.82) is 0 Å². The lowest BCUT2D eigenvalue weighted by Gasteiger charge is -2.19. The summed E-state index contributed by atoms with van der Waals surface area (Å²) in [6, 6.07) is 7.62. The first-order valence-corrected chi connectivity index (χ1v) is 7.05. The number of hydrogen-bond acceptors (Lipinski definition) is 3. The largest absolute Gasteiger partial charge is 0.494 e. The van der Waals surface area contributed by atoms with Gasteiger partial charge in [-0.2, -0.15) is 0 Å². The lowest BCUT2D eigenvalue weighted by Crippen LogP contribution is -2.26. The molecule has 0 atom stereocenters. The van der Waals surface area contributed by atoms with Gasteiger partial charge in [-0.3, -0.25) is 0 Å². The number of likely N-dealkylation sites (tertiary alicyclic amines) is 1. The van der Waals surface area contributed by atoms with Crippen molar-refractivity contribution >= 4 is 5.69 Å². The lowest BCUT2D eigenvalue weighted by atomic mass is 10.2. The van der Waals surface area contributed by atoms with Crippen LogP contribution in [0.15, 0.2) is 24.3 Å². The molecule has 0 unspecified atom stereocenters. The molecule has 2 rings (SSSR count). The Morgan fingerprint density at radius 3 is 2.33 bits per heavy atom. The minimum Gasteiger partial charge on any atom is -0.494 e.